The van der Waals surface area contributed by atoms with Crippen molar-refractivity contribution in [3.63, 3.8) is 0 Å². The zero-order valence-corrected chi connectivity index (χ0v) is 23.3. The van der Waals surface area contributed by atoms with E-state index in [0.717, 1.165) is 28.7 Å². The van der Waals surface area contributed by atoms with Gasteiger partial charge in [0.05, 0.1) is 17.2 Å². The molecule has 0 saturated carbocycles. The predicted molar refractivity (Wildman–Crippen MR) is 147 cm³/mol. The van der Waals surface area contributed by atoms with Crippen LogP contribution in [0.25, 0.3) is 22.5 Å². The highest BCUT2D eigenvalue weighted by molar-refractivity contribution is 5.89. The van der Waals surface area contributed by atoms with Crippen molar-refractivity contribution in [2.45, 2.75) is 60.1 Å². The normalized spacial score (nSPS) is 12.2. The van der Waals surface area contributed by atoms with Crippen molar-refractivity contribution in [1.82, 2.24) is 30.2 Å². The number of ether oxygens (including phenoxy) is 2. The Morgan fingerprint density at radius 1 is 1.05 bits per heavy atom. The number of carbonyl (C=O) groups is 2. The molecule has 11 nitrogen and oxygen atoms in total. The lowest BCUT2D eigenvalue weighted by molar-refractivity contribution is -0.161. The number of nitrogens with one attached hydrogen (secondary N) is 1. The van der Waals surface area contributed by atoms with Crippen molar-refractivity contribution in [2.24, 2.45) is 5.41 Å². The third-order valence-electron chi connectivity index (χ3n) is 6.26. The molecule has 40 heavy (non-hydrogen) atoms. The van der Waals surface area contributed by atoms with Crippen LogP contribution in [-0.2, 0) is 27.2 Å². The second-order valence-corrected chi connectivity index (χ2v) is 10.5. The molecule has 0 spiro atoms. The summed E-state index contributed by atoms with van der Waals surface area (Å²) in [7, 11) is 0. The lowest BCUT2D eigenvalue weighted by Gasteiger charge is -2.17. The van der Waals surface area contributed by atoms with Gasteiger partial charge in [-0.15, -0.1) is 10.2 Å². The number of aliphatic hydroxyl groups is 1. The van der Waals surface area contributed by atoms with E-state index in [1.165, 1.54) is 0 Å². The summed E-state index contributed by atoms with van der Waals surface area (Å²) in [5.41, 5.74) is 3.39. The van der Waals surface area contributed by atoms with Gasteiger partial charge in [-0.1, -0.05) is 55.5 Å². The summed E-state index contributed by atoms with van der Waals surface area (Å²) >= 11 is 0. The van der Waals surface area contributed by atoms with E-state index in [1.54, 1.807) is 27.7 Å². The largest absolute Gasteiger partial charge is 0.427 e. The van der Waals surface area contributed by atoms with Crippen molar-refractivity contribution in [3.05, 3.63) is 71.3 Å². The summed E-state index contributed by atoms with van der Waals surface area (Å²) in [4.78, 5) is 29.5. The highest BCUT2D eigenvalue weighted by Crippen LogP contribution is 2.30. The maximum atomic E-state index is 12.9. The Labute approximate surface area is 232 Å². The molecule has 1 atom stereocenters. The molecule has 0 radical (unpaired) electrons. The minimum atomic E-state index is -0.987. The van der Waals surface area contributed by atoms with Gasteiger partial charge in [0.25, 0.3) is 0 Å². The Morgan fingerprint density at radius 2 is 1.75 bits per heavy atom. The second-order valence-electron chi connectivity index (χ2n) is 10.5. The molecule has 1 unspecified atom stereocenters. The first-order valence-corrected chi connectivity index (χ1v) is 13.1. The number of aromatic amines is 1. The summed E-state index contributed by atoms with van der Waals surface area (Å²) in [6.07, 6.45) is 0.404. The van der Waals surface area contributed by atoms with Gasteiger partial charge in [-0.05, 0) is 56.0 Å². The quantitative estimate of drug-likeness (QED) is 0.217. The van der Waals surface area contributed by atoms with E-state index in [1.807, 2.05) is 60.0 Å². The fourth-order valence-electron chi connectivity index (χ4n) is 4.28. The number of carbonyl (C=O) groups excluding carboxylic acids is 2. The average molecular weight is 547 g/mol. The summed E-state index contributed by atoms with van der Waals surface area (Å²) in [6.45, 7) is 8.58. The molecule has 0 amide bonds. The number of imidazole rings is 1. The van der Waals surface area contributed by atoms with Crippen LogP contribution in [0.2, 0.25) is 0 Å². The van der Waals surface area contributed by atoms with Crippen LogP contribution in [0.5, 0.6) is 0 Å². The van der Waals surface area contributed by atoms with E-state index in [9.17, 15) is 14.7 Å². The van der Waals surface area contributed by atoms with Crippen LogP contribution in [0.1, 0.15) is 74.7 Å². The molecule has 2 heterocycles. The number of esters is 2. The number of benzene rings is 2. The van der Waals surface area contributed by atoms with Gasteiger partial charge in [-0.2, -0.15) is 5.21 Å². The van der Waals surface area contributed by atoms with E-state index >= 15 is 0 Å². The number of hydrogen-bond acceptors (Lipinski definition) is 9. The first-order valence-electron chi connectivity index (χ1n) is 13.1. The Morgan fingerprint density at radius 3 is 2.35 bits per heavy atom. The SMILES string of the molecule is CCCc1nc(C(=O)OCOC(=O)C(C)(C)C)c(C(C)O)n1Cc1ccc(-c2ccccc2-c2nn[nH]n2)cc1. The van der Waals surface area contributed by atoms with Crippen LogP contribution in [0.3, 0.4) is 0 Å². The molecule has 2 aromatic carbocycles. The Hall–Kier alpha value is -4.38. The van der Waals surface area contributed by atoms with Gasteiger partial charge in [0.1, 0.15) is 5.82 Å². The molecule has 2 N–H and O–H groups in total. The molecule has 0 fully saturated rings. The number of H-pyrrole nitrogens is 1. The predicted octanol–water partition coefficient (Wildman–Crippen LogP) is 4.49. The number of tetrazole rings is 1. The average Bonchev–Trinajstić information content (AvgIpc) is 3.58. The minimum Gasteiger partial charge on any atom is -0.427 e. The van der Waals surface area contributed by atoms with Gasteiger partial charge >= 0.3 is 11.9 Å². The Bertz CT molecular complexity index is 1450. The maximum Gasteiger partial charge on any atom is 0.361 e. The van der Waals surface area contributed by atoms with E-state index < -0.39 is 30.3 Å². The molecule has 0 saturated heterocycles. The Kier molecular flexibility index (Phi) is 8.73. The first-order chi connectivity index (χ1) is 19.1. The summed E-state index contributed by atoms with van der Waals surface area (Å²) in [5.74, 6) is -0.0845. The van der Waals surface area contributed by atoms with Crippen molar-refractivity contribution < 1.29 is 24.2 Å². The second kappa shape index (κ2) is 12.2. The molecule has 210 valence electrons. The number of rotatable bonds is 10. The van der Waals surface area contributed by atoms with E-state index in [-0.39, 0.29) is 5.69 Å². The zero-order valence-electron chi connectivity index (χ0n) is 23.3. The molecule has 4 aromatic rings. The van der Waals surface area contributed by atoms with Crippen LogP contribution >= 0.6 is 0 Å². The summed E-state index contributed by atoms with van der Waals surface area (Å²) < 4.78 is 12.1. The van der Waals surface area contributed by atoms with Crippen LogP contribution in [-0.4, -0.2) is 54.0 Å². The minimum absolute atomic E-state index is 0.0101. The van der Waals surface area contributed by atoms with Crippen molar-refractivity contribution in [2.75, 3.05) is 6.79 Å². The smallest absolute Gasteiger partial charge is 0.361 e. The topological polar surface area (TPSA) is 145 Å². The third-order valence-corrected chi connectivity index (χ3v) is 6.26. The number of aromatic nitrogens is 6. The van der Waals surface area contributed by atoms with E-state index in [4.69, 9.17) is 9.47 Å². The number of aryl methyl sites for hydroxylation is 1. The number of nitrogens with zero attached hydrogens (tertiary/aromatic N) is 5. The van der Waals surface area contributed by atoms with Crippen LogP contribution < -0.4 is 0 Å². The van der Waals surface area contributed by atoms with Crippen molar-refractivity contribution >= 4 is 11.9 Å². The molecular weight excluding hydrogens is 512 g/mol. The summed E-state index contributed by atoms with van der Waals surface area (Å²) in [6, 6.07) is 15.8. The van der Waals surface area contributed by atoms with Gasteiger partial charge in [0, 0.05) is 18.5 Å². The standard InChI is InChI=1S/C29H34N6O5/c1-6-9-23-30-24(27(37)39-17-40-28(38)29(3,4)5)25(18(2)36)35(23)16-19-12-14-20(15-13-19)21-10-7-8-11-22(21)26-31-33-34-32-26/h7-8,10-15,18,36H,6,9,16-17H2,1-5H3,(H,31,32,33,34). The maximum absolute atomic E-state index is 12.9. The molecule has 2 aromatic heterocycles. The van der Waals surface area contributed by atoms with Crippen LogP contribution in [0, 0.1) is 5.41 Å². The van der Waals surface area contributed by atoms with Crippen molar-refractivity contribution in [3.8, 4) is 22.5 Å². The van der Waals surface area contributed by atoms with E-state index in [0.29, 0.717) is 30.3 Å². The van der Waals surface area contributed by atoms with Gasteiger partial charge < -0.3 is 19.1 Å². The number of hydrogen-bond donors (Lipinski definition) is 2. The van der Waals surface area contributed by atoms with Gasteiger partial charge in [-0.25, -0.2) is 9.78 Å². The molecule has 11 heteroatoms. The van der Waals surface area contributed by atoms with E-state index in [2.05, 4.69) is 25.6 Å². The van der Waals surface area contributed by atoms with Crippen LogP contribution in [0.15, 0.2) is 48.5 Å². The Balaban J connectivity index is 1.59. The monoisotopic (exact) mass is 546 g/mol. The number of aliphatic hydroxyl groups excluding tert-OH is 1. The van der Waals surface area contributed by atoms with Gasteiger partial charge in [0.2, 0.25) is 12.6 Å². The highest BCUT2D eigenvalue weighted by Gasteiger charge is 2.28. The zero-order chi connectivity index (χ0) is 28.9. The fourth-order valence-corrected chi connectivity index (χ4v) is 4.28. The molecule has 4 rings (SSSR count). The molecule has 0 aliphatic heterocycles. The van der Waals surface area contributed by atoms with Gasteiger partial charge in [-0.3, -0.25) is 4.79 Å². The first kappa shape index (κ1) is 28.6. The summed E-state index contributed by atoms with van der Waals surface area (Å²) in [5, 5.41) is 25.0. The third kappa shape index (κ3) is 6.42. The lowest BCUT2D eigenvalue weighted by atomic mass is 9.98. The molecule has 0 aliphatic rings. The van der Waals surface area contributed by atoms with Gasteiger partial charge in [0.15, 0.2) is 5.69 Å². The lowest BCUT2D eigenvalue weighted by Crippen LogP contribution is -2.25. The van der Waals surface area contributed by atoms with Crippen LogP contribution in [0.4, 0.5) is 0 Å². The highest BCUT2D eigenvalue weighted by atomic mass is 16.7. The molecule has 0 bridgehead atoms. The van der Waals surface area contributed by atoms with Crippen molar-refractivity contribution in [1.29, 1.82) is 0 Å². The molecular formula is C29H34N6O5. The molecule has 0 aliphatic carbocycles. The fraction of sp³-hybridized carbons (Fsp3) is 0.379.